The van der Waals surface area contributed by atoms with Crippen molar-refractivity contribution in [1.29, 1.82) is 0 Å². The molecule has 0 aliphatic carbocycles. The van der Waals surface area contributed by atoms with Crippen LogP contribution in [0.15, 0.2) is 42.5 Å². The lowest BCUT2D eigenvalue weighted by atomic mass is 9.84. The van der Waals surface area contributed by atoms with E-state index in [2.05, 4.69) is 19.1 Å². The van der Waals surface area contributed by atoms with Crippen molar-refractivity contribution in [2.45, 2.75) is 32.0 Å². The topological polar surface area (TPSA) is 29.5 Å². The van der Waals surface area contributed by atoms with Crippen LogP contribution < -0.4 is 4.74 Å². The summed E-state index contributed by atoms with van der Waals surface area (Å²) < 4.78 is 6.17. The molecule has 1 aliphatic heterocycles. The fraction of sp³-hybridized carbons (Fsp3) is 0.294. The van der Waals surface area contributed by atoms with Crippen LogP contribution in [-0.4, -0.2) is 5.11 Å². The van der Waals surface area contributed by atoms with Crippen LogP contribution in [0, 0.1) is 6.92 Å². The summed E-state index contributed by atoms with van der Waals surface area (Å²) in [6, 6.07) is 13.6. The second-order valence-electron chi connectivity index (χ2n) is 5.60. The Morgan fingerprint density at radius 1 is 1.25 bits per heavy atom. The van der Waals surface area contributed by atoms with Crippen LogP contribution in [0.5, 0.6) is 5.75 Å². The molecule has 104 valence electrons. The van der Waals surface area contributed by atoms with Gasteiger partial charge in [-0.2, -0.15) is 0 Å². The second-order valence-corrected chi connectivity index (χ2v) is 6.04. The van der Waals surface area contributed by atoms with Crippen LogP contribution in [0.2, 0.25) is 5.02 Å². The molecule has 0 aromatic heterocycles. The largest absolute Gasteiger partial charge is 0.482 e. The highest BCUT2D eigenvalue weighted by molar-refractivity contribution is 6.30. The molecule has 0 amide bonds. The van der Waals surface area contributed by atoms with E-state index in [1.165, 1.54) is 5.56 Å². The van der Waals surface area contributed by atoms with Gasteiger partial charge in [0, 0.05) is 17.0 Å². The molecular formula is C17H17ClO2. The summed E-state index contributed by atoms with van der Waals surface area (Å²) in [7, 11) is 0. The lowest BCUT2D eigenvalue weighted by molar-refractivity contribution is -0.00487. The lowest BCUT2D eigenvalue weighted by Gasteiger charge is -2.38. The molecule has 3 heteroatoms. The molecule has 1 unspecified atom stereocenters. The molecule has 2 aromatic carbocycles. The van der Waals surface area contributed by atoms with E-state index >= 15 is 0 Å². The predicted octanol–water partition coefficient (Wildman–Crippen LogP) is 4.38. The summed E-state index contributed by atoms with van der Waals surface area (Å²) >= 11 is 5.98. The van der Waals surface area contributed by atoms with E-state index in [4.69, 9.17) is 16.3 Å². The Morgan fingerprint density at radius 3 is 2.80 bits per heavy atom. The number of aliphatic hydroxyl groups is 1. The molecule has 0 saturated heterocycles. The SMILES string of the molecule is Cc1cccc(C2(C)C[C@@H](O)c3cc(Cl)ccc3O2)c1. The van der Waals surface area contributed by atoms with Crippen molar-refractivity contribution in [3.05, 3.63) is 64.2 Å². The third-order valence-electron chi connectivity index (χ3n) is 3.88. The average Bonchev–Trinajstić information content (AvgIpc) is 2.40. The Kier molecular flexibility index (Phi) is 3.23. The molecule has 0 saturated carbocycles. The van der Waals surface area contributed by atoms with Gasteiger partial charge in [0.25, 0.3) is 0 Å². The predicted molar refractivity (Wildman–Crippen MR) is 80.2 cm³/mol. The lowest BCUT2D eigenvalue weighted by Crippen LogP contribution is -2.35. The molecule has 1 aliphatic rings. The number of rotatable bonds is 1. The molecule has 0 radical (unpaired) electrons. The zero-order valence-corrected chi connectivity index (χ0v) is 12.3. The van der Waals surface area contributed by atoms with Crippen LogP contribution in [0.1, 0.15) is 36.1 Å². The van der Waals surface area contributed by atoms with Crippen molar-refractivity contribution < 1.29 is 9.84 Å². The monoisotopic (exact) mass is 288 g/mol. The Balaban J connectivity index is 2.04. The van der Waals surface area contributed by atoms with Crippen molar-refractivity contribution in [3.63, 3.8) is 0 Å². The van der Waals surface area contributed by atoms with E-state index in [1.54, 1.807) is 12.1 Å². The van der Waals surface area contributed by atoms with Crippen molar-refractivity contribution in [1.82, 2.24) is 0 Å². The first-order valence-electron chi connectivity index (χ1n) is 6.72. The van der Waals surface area contributed by atoms with E-state index in [0.29, 0.717) is 17.2 Å². The minimum absolute atomic E-state index is 0.518. The van der Waals surface area contributed by atoms with E-state index in [9.17, 15) is 5.11 Å². The first-order valence-corrected chi connectivity index (χ1v) is 7.09. The Bertz CT molecular complexity index is 653. The zero-order chi connectivity index (χ0) is 14.3. The van der Waals surface area contributed by atoms with Gasteiger partial charge in [0.05, 0.1) is 6.10 Å². The van der Waals surface area contributed by atoms with Crippen molar-refractivity contribution >= 4 is 11.6 Å². The minimum Gasteiger partial charge on any atom is -0.482 e. The summed E-state index contributed by atoms with van der Waals surface area (Å²) in [6.45, 7) is 4.07. The van der Waals surface area contributed by atoms with Gasteiger partial charge in [-0.1, -0.05) is 41.4 Å². The molecule has 1 N–H and O–H groups in total. The summed E-state index contributed by atoms with van der Waals surface area (Å²) in [5, 5.41) is 11.0. The van der Waals surface area contributed by atoms with Crippen LogP contribution in [0.25, 0.3) is 0 Å². The quantitative estimate of drug-likeness (QED) is 0.844. The van der Waals surface area contributed by atoms with Gasteiger partial charge in [-0.3, -0.25) is 0 Å². The van der Waals surface area contributed by atoms with Gasteiger partial charge >= 0.3 is 0 Å². The standard InChI is InChI=1S/C17H17ClO2/c1-11-4-3-5-12(8-11)17(2)10-15(19)14-9-13(18)6-7-16(14)20-17/h3-9,15,19H,10H2,1-2H3/t15-,17?/m1/s1. The second kappa shape index (κ2) is 4.80. The number of aliphatic hydroxyl groups excluding tert-OH is 1. The molecule has 1 heterocycles. The summed E-state index contributed by atoms with van der Waals surface area (Å²) in [5.74, 6) is 0.706. The highest BCUT2D eigenvalue weighted by Crippen LogP contribution is 2.45. The molecule has 2 aromatic rings. The van der Waals surface area contributed by atoms with Crippen LogP contribution in [0.4, 0.5) is 0 Å². The molecular weight excluding hydrogens is 272 g/mol. The zero-order valence-electron chi connectivity index (χ0n) is 11.6. The van der Waals surface area contributed by atoms with Crippen molar-refractivity contribution in [2.75, 3.05) is 0 Å². The Morgan fingerprint density at radius 2 is 2.05 bits per heavy atom. The smallest absolute Gasteiger partial charge is 0.134 e. The third kappa shape index (κ3) is 2.30. The third-order valence-corrected chi connectivity index (χ3v) is 4.11. The summed E-state index contributed by atoms with van der Waals surface area (Å²) in [5.41, 5.74) is 2.51. The maximum atomic E-state index is 10.4. The molecule has 0 fully saturated rings. The van der Waals surface area contributed by atoms with E-state index in [1.807, 2.05) is 25.1 Å². The van der Waals surface area contributed by atoms with Crippen LogP contribution in [-0.2, 0) is 5.60 Å². The van der Waals surface area contributed by atoms with E-state index in [0.717, 1.165) is 11.1 Å². The number of ether oxygens (including phenoxy) is 1. The van der Waals surface area contributed by atoms with E-state index < -0.39 is 11.7 Å². The number of halogens is 1. The minimum atomic E-state index is -0.567. The highest BCUT2D eigenvalue weighted by atomic mass is 35.5. The van der Waals surface area contributed by atoms with Gasteiger partial charge in [-0.25, -0.2) is 0 Å². The molecule has 0 spiro atoms. The number of benzene rings is 2. The van der Waals surface area contributed by atoms with Crippen molar-refractivity contribution in [2.24, 2.45) is 0 Å². The van der Waals surface area contributed by atoms with Gasteiger partial charge < -0.3 is 9.84 Å². The first kappa shape index (κ1) is 13.5. The number of aryl methyl sites for hydroxylation is 1. The number of fused-ring (bicyclic) bond motifs is 1. The molecule has 3 rings (SSSR count). The summed E-state index contributed by atoms with van der Waals surface area (Å²) in [6.07, 6.45) is -0.0490. The fourth-order valence-electron chi connectivity index (χ4n) is 2.79. The van der Waals surface area contributed by atoms with Gasteiger partial charge in [0.15, 0.2) is 0 Å². The van der Waals surface area contributed by atoms with Crippen LogP contribution >= 0.6 is 11.6 Å². The van der Waals surface area contributed by atoms with Gasteiger partial charge in [0.2, 0.25) is 0 Å². The molecule has 0 bridgehead atoms. The van der Waals surface area contributed by atoms with Gasteiger partial charge in [-0.05, 0) is 37.6 Å². The first-order chi connectivity index (χ1) is 9.48. The highest BCUT2D eigenvalue weighted by Gasteiger charge is 2.38. The summed E-state index contributed by atoms with van der Waals surface area (Å²) in [4.78, 5) is 0. The van der Waals surface area contributed by atoms with Crippen LogP contribution in [0.3, 0.4) is 0 Å². The van der Waals surface area contributed by atoms with Gasteiger partial charge in [-0.15, -0.1) is 0 Å². The average molecular weight is 289 g/mol. The van der Waals surface area contributed by atoms with E-state index in [-0.39, 0.29) is 0 Å². The van der Waals surface area contributed by atoms with Gasteiger partial charge in [0.1, 0.15) is 11.4 Å². The number of hydrogen-bond acceptors (Lipinski definition) is 2. The Labute approximate surface area is 124 Å². The molecule has 2 nitrogen and oxygen atoms in total. The normalized spacial score (nSPS) is 24.9. The Hall–Kier alpha value is -1.51. The maximum Gasteiger partial charge on any atom is 0.134 e. The fourth-order valence-corrected chi connectivity index (χ4v) is 2.97. The molecule has 2 atom stereocenters. The van der Waals surface area contributed by atoms with Crippen molar-refractivity contribution in [3.8, 4) is 5.75 Å². The molecule has 20 heavy (non-hydrogen) atoms. The number of hydrogen-bond donors (Lipinski definition) is 1. The maximum absolute atomic E-state index is 10.4.